The third kappa shape index (κ3) is 11.3. The van der Waals surface area contributed by atoms with Gasteiger partial charge >= 0.3 is 12.2 Å². The highest BCUT2D eigenvalue weighted by Gasteiger charge is 2.29. The van der Waals surface area contributed by atoms with Crippen molar-refractivity contribution >= 4 is 29.7 Å². The lowest BCUT2D eigenvalue weighted by Crippen LogP contribution is -2.50. The maximum Gasteiger partial charge on any atom is 0.442 e. The van der Waals surface area contributed by atoms with E-state index in [4.69, 9.17) is 19.7 Å². The summed E-state index contributed by atoms with van der Waals surface area (Å²) in [6, 6.07) is 4.25. The zero-order valence-electron chi connectivity index (χ0n) is 21.0. The molecule has 1 aromatic rings. The summed E-state index contributed by atoms with van der Waals surface area (Å²) in [6.45, 7) is 11.2. The molecular weight excluding hydrogens is 462 g/mol. The van der Waals surface area contributed by atoms with E-state index in [1.54, 1.807) is 54.5 Å². The summed E-state index contributed by atoms with van der Waals surface area (Å²) in [7, 11) is 0. The normalized spacial score (nSPS) is 11.3. The first-order valence-corrected chi connectivity index (χ1v) is 10.7. The molecule has 1 rings (SSSR count). The Kier molecular flexibility index (Phi) is 10.1. The molecule has 0 atom stereocenters. The van der Waals surface area contributed by atoms with E-state index in [1.165, 1.54) is 12.1 Å². The van der Waals surface area contributed by atoms with Crippen molar-refractivity contribution in [1.29, 1.82) is 5.41 Å². The van der Waals surface area contributed by atoms with E-state index in [-0.39, 0.29) is 25.3 Å². The van der Waals surface area contributed by atoms with Gasteiger partial charge in [-0.1, -0.05) is 6.07 Å². The van der Waals surface area contributed by atoms with Gasteiger partial charge in [0.1, 0.15) is 11.2 Å². The Bertz CT molecular complexity index is 966. The molecule has 0 bridgehead atoms. The molecule has 0 aliphatic heterocycles. The van der Waals surface area contributed by atoms with E-state index in [0.29, 0.717) is 10.6 Å². The highest BCUT2D eigenvalue weighted by molar-refractivity contribution is 5.98. The predicted molar refractivity (Wildman–Crippen MR) is 126 cm³/mol. The van der Waals surface area contributed by atoms with Crippen molar-refractivity contribution in [3.8, 4) is 0 Å². The SMILES string of the molecule is Cc1ccc([N+](=O)[O-])cc1CC(=O)NCCON(C(=N)NC(=O)OC(C)(C)C)C(=O)OC(C)(C)C. The Morgan fingerprint density at radius 2 is 1.69 bits per heavy atom. The van der Waals surface area contributed by atoms with E-state index in [2.05, 4.69) is 10.6 Å². The molecule has 0 aromatic heterocycles. The average molecular weight is 496 g/mol. The van der Waals surface area contributed by atoms with Crippen molar-refractivity contribution in [2.75, 3.05) is 13.2 Å². The number of ether oxygens (including phenoxy) is 2. The van der Waals surface area contributed by atoms with Crippen LogP contribution in [0.3, 0.4) is 0 Å². The van der Waals surface area contributed by atoms with Crippen molar-refractivity contribution in [3.63, 3.8) is 0 Å². The first-order valence-electron chi connectivity index (χ1n) is 10.7. The lowest BCUT2D eigenvalue weighted by molar-refractivity contribution is -0.384. The maximum absolute atomic E-state index is 12.5. The molecule has 0 heterocycles. The number of hydrogen-bond acceptors (Lipinski definition) is 9. The van der Waals surface area contributed by atoms with Gasteiger partial charge < -0.3 is 14.8 Å². The number of carbonyl (C=O) groups excluding carboxylic acids is 3. The molecule has 194 valence electrons. The van der Waals surface area contributed by atoms with Crippen LogP contribution in [0.2, 0.25) is 0 Å². The smallest absolute Gasteiger partial charge is 0.442 e. The summed E-state index contributed by atoms with van der Waals surface area (Å²) >= 11 is 0. The Labute approximate surface area is 203 Å². The fourth-order valence-corrected chi connectivity index (χ4v) is 2.49. The summed E-state index contributed by atoms with van der Waals surface area (Å²) in [5, 5.41) is 24.1. The van der Waals surface area contributed by atoms with Crippen LogP contribution in [0.5, 0.6) is 0 Å². The van der Waals surface area contributed by atoms with Crippen LogP contribution in [-0.4, -0.2) is 58.4 Å². The molecule has 3 amide bonds. The second-order valence-corrected chi connectivity index (χ2v) is 9.48. The molecule has 0 saturated heterocycles. The minimum Gasteiger partial charge on any atom is -0.444 e. The number of nitro groups is 1. The van der Waals surface area contributed by atoms with Crippen LogP contribution in [0, 0.1) is 22.4 Å². The molecule has 1 aromatic carbocycles. The number of hydrogen-bond donors (Lipinski definition) is 3. The first kappa shape index (κ1) is 29.3. The molecular formula is C22H33N5O8. The summed E-state index contributed by atoms with van der Waals surface area (Å²) in [6.07, 6.45) is -2.13. The van der Waals surface area contributed by atoms with Gasteiger partial charge in [-0.05, 0) is 59.6 Å². The summed E-state index contributed by atoms with van der Waals surface area (Å²) in [5.41, 5.74) is -0.638. The second-order valence-electron chi connectivity index (χ2n) is 9.48. The molecule has 0 aliphatic rings. The molecule has 0 unspecified atom stereocenters. The van der Waals surface area contributed by atoms with Crippen LogP contribution in [0.1, 0.15) is 52.7 Å². The van der Waals surface area contributed by atoms with Crippen LogP contribution >= 0.6 is 0 Å². The van der Waals surface area contributed by atoms with Crippen molar-refractivity contribution in [2.24, 2.45) is 0 Å². The van der Waals surface area contributed by atoms with Gasteiger partial charge in [0.15, 0.2) is 0 Å². The van der Waals surface area contributed by atoms with Crippen LogP contribution in [0.15, 0.2) is 18.2 Å². The molecule has 0 spiro atoms. The molecule has 13 nitrogen and oxygen atoms in total. The monoisotopic (exact) mass is 495 g/mol. The van der Waals surface area contributed by atoms with Crippen molar-refractivity contribution in [3.05, 3.63) is 39.4 Å². The molecule has 0 aliphatic carbocycles. The topological polar surface area (TPSA) is 173 Å². The number of nitrogens with one attached hydrogen (secondary N) is 3. The third-order valence-electron chi connectivity index (χ3n) is 3.92. The van der Waals surface area contributed by atoms with Gasteiger partial charge in [0.25, 0.3) is 5.69 Å². The van der Waals surface area contributed by atoms with E-state index in [0.717, 1.165) is 5.56 Å². The number of rotatable bonds is 7. The zero-order chi connectivity index (χ0) is 27.0. The fraction of sp³-hybridized carbons (Fsp3) is 0.545. The number of nitro benzene ring substituents is 1. The largest absolute Gasteiger partial charge is 0.444 e. The van der Waals surface area contributed by atoms with Gasteiger partial charge in [-0.3, -0.25) is 30.5 Å². The van der Waals surface area contributed by atoms with Gasteiger partial charge in [-0.15, -0.1) is 5.06 Å². The summed E-state index contributed by atoms with van der Waals surface area (Å²) in [5.74, 6) is -1.17. The Morgan fingerprint density at radius 3 is 2.23 bits per heavy atom. The summed E-state index contributed by atoms with van der Waals surface area (Å²) in [4.78, 5) is 52.4. The van der Waals surface area contributed by atoms with E-state index in [1.807, 2.05) is 0 Å². The highest BCUT2D eigenvalue weighted by Crippen LogP contribution is 2.18. The number of benzene rings is 1. The minimum atomic E-state index is -1.06. The molecule has 0 saturated carbocycles. The van der Waals surface area contributed by atoms with Gasteiger partial charge in [-0.2, -0.15) is 0 Å². The lowest BCUT2D eigenvalue weighted by Gasteiger charge is -2.27. The number of guanidine groups is 1. The average Bonchev–Trinajstić information content (AvgIpc) is 2.66. The molecule has 35 heavy (non-hydrogen) atoms. The second kappa shape index (κ2) is 12.1. The van der Waals surface area contributed by atoms with Crippen molar-refractivity contribution in [2.45, 2.75) is 66.1 Å². The number of aryl methyl sites for hydroxylation is 1. The maximum atomic E-state index is 12.5. The number of hydroxylamine groups is 2. The number of carbonyl (C=O) groups is 3. The zero-order valence-corrected chi connectivity index (χ0v) is 21.0. The fourth-order valence-electron chi connectivity index (χ4n) is 2.49. The van der Waals surface area contributed by atoms with Gasteiger partial charge in [0.05, 0.1) is 18.0 Å². The molecule has 3 N–H and O–H groups in total. The summed E-state index contributed by atoms with van der Waals surface area (Å²) < 4.78 is 10.3. The van der Waals surface area contributed by atoms with E-state index < -0.39 is 40.2 Å². The van der Waals surface area contributed by atoms with Crippen LogP contribution in [0.4, 0.5) is 15.3 Å². The van der Waals surface area contributed by atoms with Gasteiger partial charge in [0, 0.05) is 18.7 Å². The minimum absolute atomic E-state index is 0.0637. The van der Waals surface area contributed by atoms with E-state index >= 15 is 0 Å². The standard InChI is InChI=1S/C22H33N5O8/c1-14-8-9-16(27(31)32)12-15(14)13-17(28)24-10-11-33-26(20(30)35-22(5,6)7)18(23)25-19(29)34-21(2,3)4/h8-9,12H,10-11,13H2,1-7H3,(H,24,28)(H2,23,25,29). The van der Waals surface area contributed by atoms with Crippen molar-refractivity contribution < 1.29 is 33.6 Å². The number of amides is 3. The number of alkyl carbamates (subject to hydrolysis) is 1. The Morgan fingerprint density at radius 1 is 1.09 bits per heavy atom. The number of non-ortho nitro benzene ring substituents is 1. The molecule has 0 fully saturated rings. The first-order chi connectivity index (χ1) is 16.0. The molecule has 13 heteroatoms. The Balaban J connectivity index is 2.73. The van der Waals surface area contributed by atoms with Crippen LogP contribution in [0.25, 0.3) is 0 Å². The predicted octanol–water partition coefficient (Wildman–Crippen LogP) is 3.19. The quantitative estimate of drug-likeness (QED) is 0.170. The van der Waals surface area contributed by atoms with Gasteiger partial charge in [-0.25, -0.2) is 9.59 Å². The van der Waals surface area contributed by atoms with Crippen molar-refractivity contribution in [1.82, 2.24) is 15.7 Å². The highest BCUT2D eigenvalue weighted by atomic mass is 16.7. The lowest BCUT2D eigenvalue weighted by atomic mass is 10.0. The Hall–Kier alpha value is -3.74. The molecule has 0 radical (unpaired) electrons. The van der Waals surface area contributed by atoms with Crippen LogP contribution < -0.4 is 10.6 Å². The van der Waals surface area contributed by atoms with E-state index in [9.17, 15) is 24.5 Å². The van der Waals surface area contributed by atoms with Gasteiger partial charge in [0.2, 0.25) is 11.9 Å². The third-order valence-corrected chi connectivity index (χ3v) is 3.92. The van der Waals surface area contributed by atoms with Crippen LogP contribution in [-0.2, 0) is 25.5 Å². The number of nitrogens with zero attached hydrogens (tertiary/aromatic N) is 2.